The fourth-order valence-electron chi connectivity index (χ4n) is 3.55. The molecule has 5 heteroatoms. The number of rotatable bonds is 1. The zero-order chi connectivity index (χ0) is 13.0. The van der Waals surface area contributed by atoms with Crippen molar-refractivity contribution in [3.8, 4) is 0 Å². The molecule has 3 fully saturated rings. The van der Waals surface area contributed by atoms with E-state index >= 15 is 0 Å². The molecule has 1 saturated carbocycles. The molecule has 4 aliphatic rings. The molecule has 2 aliphatic heterocycles. The minimum Gasteiger partial charge on any atom is -0.466 e. The summed E-state index contributed by atoms with van der Waals surface area (Å²) in [6.45, 7) is 0. The molecule has 0 aromatic rings. The Hall–Kier alpha value is -0.910. The molecule has 0 aromatic heterocycles. The highest BCUT2D eigenvalue weighted by Gasteiger charge is 2.61. The molecular weight excluding hydrogens is 248 g/mol. The van der Waals surface area contributed by atoms with Crippen molar-refractivity contribution in [3.63, 3.8) is 0 Å². The highest BCUT2D eigenvalue weighted by molar-refractivity contribution is 5.90. The quantitative estimate of drug-likeness (QED) is 0.529. The van der Waals surface area contributed by atoms with Crippen molar-refractivity contribution in [1.29, 1.82) is 0 Å². The molecule has 2 saturated heterocycles. The lowest BCUT2D eigenvalue weighted by Gasteiger charge is -2.31. The van der Waals surface area contributed by atoms with Gasteiger partial charge < -0.3 is 18.9 Å². The second-order valence-electron chi connectivity index (χ2n) is 5.77. The Kier molecular flexibility index (Phi) is 2.53. The number of methoxy groups -OCH3 is 1. The van der Waals surface area contributed by atoms with Gasteiger partial charge in [-0.2, -0.15) is 0 Å². The molecule has 104 valence electrons. The molecule has 0 unspecified atom stereocenters. The van der Waals surface area contributed by atoms with E-state index in [9.17, 15) is 4.79 Å². The summed E-state index contributed by atoms with van der Waals surface area (Å²) in [7, 11) is 1.39. The third-order valence-corrected chi connectivity index (χ3v) is 4.56. The van der Waals surface area contributed by atoms with E-state index in [1.54, 1.807) is 0 Å². The Morgan fingerprint density at radius 2 is 2.05 bits per heavy atom. The molecule has 2 heterocycles. The number of hydrogen-bond donors (Lipinski definition) is 0. The number of fused-ring (bicyclic) bond motifs is 3. The first-order valence-electron chi connectivity index (χ1n) is 7.04. The predicted octanol–water partition coefficient (Wildman–Crippen LogP) is 1.31. The molecular formula is C14H18O5. The Morgan fingerprint density at radius 3 is 2.79 bits per heavy atom. The van der Waals surface area contributed by atoms with Crippen LogP contribution in [0.25, 0.3) is 0 Å². The second kappa shape index (κ2) is 4.04. The summed E-state index contributed by atoms with van der Waals surface area (Å²) in [5.41, 5.74) is 0.564. The first-order valence-corrected chi connectivity index (χ1v) is 7.04. The van der Waals surface area contributed by atoms with E-state index in [0.29, 0.717) is 5.57 Å². The van der Waals surface area contributed by atoms with Gasteiger partial charge in [0.05, 0.1) is 12.7 Å². The summed E-state index contributed by atoms with van der Waals surface area (Å²) in [6.07, 6.45) is 6.69. The highest BCUT2D eigenvalue weighted by atomic mass is 16.8. The van der Waals surface area contributed by atoms with E-state index in [1.165, 1.54) is 13.5 Å². The summed E-state index contributed by atoms with van der Waals surface area (Å²) in [6, 6.07) is 0. The summed E-state index contributed by atoms with van der Waals surface area (Å²) in [4.78, 5) is 11.9. The second-order valence-corrected chi connectivity index (χ2v) is 5.77. The van der Waals surface area contributed by atoms with Gasteiger partial charge in [0.25, 0.3) is 0 Å². The average Bonchev–Trinajstić information content (AvgIpc) is 3.13. The maximum Gasteiger partial charge on any atom is 0.336 e. The van der Waals surface area contributed by atoms with E-state index in [1.807, 2.05) is 6.08 Å². The van der Waals surface area contributed by atoms with E-state index in [2.05, 4.69) is 0 Å². The summed E-state index contributed by atoms with van der Waals surface area (Å²) < 4.78 is 22.7. The van der Waals surface area contributed by atoms with Crippen LogP contribution in [0.5, 0.6) is 0 Å². The van der Waals surface area contributed by atoms with Crippen molar-refractivity contribution in [2.24, 2.45) is 0 Å². The number of hydrogen-bond acceptors (Lipinski definition) is 5. The van der Waals surface area contributed by atoms with Gasteiger partial charge in [0.15, 0.2) is 5.79 Å². The zero-order valence-corrected chi connectivity index (χ0v) is 11.0. The molecule has 1 spiro atoms. The van der Waals surface area contributed by atoms with Gasteiger partial charge in [0, 0.05) is 12.8 Å². The summed E-state index contributed by atoms with van der Waals surface area (Å²) in [5.74, 6) is -0.831. The molecule has 5 nitrogen and oxygen atoms in total. The van der Waals surface area contributed by atoms with Crippen LogP contribution in [-0.2, 0) is 23.7 Å². The van der Waals surface area contributed by atoms with Crippen LogP contribution >= 0.6 is 0 Å². The van der Waals surface area contributed by atoms with Crippen LogP contribution in [0.4, 0.5) is 0 Å². The van der Waals surface area contributed by atoms with E-state index in [-0.39, 0.29) is 30.4 Å². The van der Waals surface area contributed by atoms with Gasteiger partial charge in [0.2, 0.25) is 0 Å². The number of carbonyl (C=O) groups excluding carboxylic acids is 1. The van der Waals surface area contributed by atoms with E-state index < -0.39 is 5.79 Å². The fraction of sp³-hybridized carbons (Fsp3) is 0.786. The average molecular weight is 266 g/mol. The number of epoxide rings is 1. The Labute approximate surface area is 111 Å². The van der Waals surface area contributed by atoms with Gasteiger partial charge in [0.1, 0.15) is 24.4 Å². The van der Waals surface area contributed by atoms with Crippen LogP contribution in [-0.4, -0.2) is 43.3 Å². The van der Waals surface area contributed by atoms with Crippen molar-refractivity contribution in [1.82, 2.24) is 0 Å². The third-order valence-electron chi connectivity index (χ3n) is 4.56. The van der Waals surface area contributed by atoms with E-state index in [4.69, 9.17) is 18.9 Å². The Morgan fingerprint density at radius 1 is 1.26 bits per heavy atom. The smallest absolute Gasteiger partial charge is 0.336 e. The van der Waals surface area contributed by atoms with Gasteiger partial charge in [-0.15, -0.1) is 0 Å². The van der Waals surface area contributed by atoms with Crippen LogP contribution < -0.4 is 0 Å². The third kappa shape index (κ3) is 1.75. The summed E-state index contributed by atoms with van der Waals surface area (Å²) in [5, 5.41) is 0. The van der Waals surface area contributed by atoms with Crippen molar-refractivity contribution in [2.45, 2.75) is 62.3 Å². The molecule has 2 aliphatic carbocycles. The summed E-state index contributed by atoms with van der Waals surface area (Å²) >= 11 is 0. The SMILES string of the molecule is COC(=O)C1=C[C@H]2O[C@@H]2[C@@H]2OC3(CCCCC3)O[C@H]12. The molecule has 19 heavy (non-hydrogen) atoms. The lowest BCUT2D eigenvalue weighted by molar-refractivity contribution is -0.193. The van der Waals surface area contributed by atoms with Crippen LogP contribution in [0, 0.1) is 0 Å². The number of esters is 1. The largest absolute Gasteiger partial charge is 0.466 e. The number of ether oxygens (including phenoxy) is 4. The van der Waals surface area contributed by atoms with Gasteiger partial charge in [-0.25, -0.2) is 4.79 Å². The molecule has 0 aromatic carbocycles. The highest BCUT2D eigenvalue weighted by Crippen LogP contribution is 2.49. The maximum atomic E-state index is 11.9. The van der Waals surface area contributed by atoms with Gasteiger partial charge in [-0.1, -0.05) is 6.42 Å². The topological polar surface area (TPSA) is 57.3 Å². The van der Waals surface area contributed by atoms with Crippen molar-refractivity contribution in [2.75, 3.05) is 7.11 Å². The lowest BCUT2D eigenvalue weighted by Crippen LogP contribution is -2.37. The first-order chi connectivity index (χ1) is 9.22. The zero-order valence-electron chi connectivity index (χ0n) is 11.0. The molecule has 4 atom stereocenters. The van der Waals surface area contributed by atoms with Crippen molar-refractivity contribution < 1.29 is 23.7 Å². The predicted molar refractivity (Wildman–Crippen MR) is 64.3 cm³/mol. The van der Waals surface area contributed by atoms with Crippen LogP contribution in [0.15, 0.2) is 11.6 Å². The van der Waals surface area contributed by atoms with Gasteiger partial charge in [-0.3, -0.25) is 0 Å². The molecule has 4 rings (SSSR count). The Bertz CT molecular complexity index is 437. The standard InChI is InChI=1S/C14H18O5/c1-16-13(15)8-7-9-11(17-9)12-10(8)18-14(19-12)5-3-2-4-6-14/h7,9-12H,2-6H2,1H3/t9-,10-,11+,12-/m1/s1. The van der Waals surface area contributed by atoms with Gasteiger partial charge in [-0.05, 0) is 18.9 Å². The minimum atomic E-state index is -0.498. The molecule has 0 N–H and O–H groups in total. The van der Waals surface area contributed by atoms with Crippen molar-refractivity contribution in [3.05, 3.63) is 11.6 Å². The van der Waals surface area contributed by atoms with Crippen LogP contribution in [0.3, 0.4) is 0 Å². The maximum absolute atomic E-state index is 11.9. The molecule has 0 amide bonds. The fourth-order valence-corrected chi connectivity index (χ4v) is 3.55. The molecule has 0 bridgehead atoms. The van der Waals surface area contributed by atoms with E-state index in [0.717, 1.165) is 25.7 Å². The lowest BCUT2D eigenvalue weighted by atomic mass is 9.94. The molecule has 0 radical (unpaired) electrons. The van der Waals surface area contributed by atoms with Gasteiger partial charge >= 0.3 is 5.97 Å². The normalized spacial score (nSPS) is 42.3. The first kappa shape index (κ1) is 11.9. The van der Waals surface area contributed by atoms with Crippen LogP contribution in [0.2, 0.25) is 0 Å². The van der Waals surface area contributed by atoms with Crippen LogP contribution in [0.1, 0.15) is 32.1 Å². The Balaban J connectivity index is 1.62. The monoisotopic (exact) mass is 266 g/mol. The van der Waals surface area contributed by atoms with Crippen molar-refractivity contribution >= 4 is 5.97 Å². The number of carbonyl (C=O) groups is 1. The minimum absolute atomic E-state index is 0.00214.